The minimum Gasteiger partial charge on any atom is -1.00 e. The quantitative estimate of drug-likeness (QED) is 0.168. The summed E-state index contributed by atoms with van der Waals surface area (Å²) in [6.45, 7) is 0. The van der Waals surface area contributed by atoms with Crippen LogP contribution < -0.4 is 288 Å². The van der Waals surface area contributed by atoms with E-state index in [0.717, 1.165) is 0 Å². The zero-order valence-electron chi connectivity index (χ0n) is 6.89. The summed E-state index contributed by atoms with van der Waals surface area (Å²) in [5.74, 6) is 24.2. The van der Waals surface area contributed by atoms with Crippen molar-refractivity contribution < 1.29 is 301 Å². The van der Waals surface area contributed by atoms with Crippen molar-refractivity contribution in [1.82, 2.24) is 0 Å². The Morgan fingerprint density at radius 3 is 0.294 bits per heavy atom. The monoisotopic (exact) mass is 1630 g/mol. The van der Waals surface area contributed by atoms with E-state index >= 15 is 0 Å². The van der Waals surface area contributed by atoms with Crippen LogP contribution in [0.1, 0.15) is 0 Å². The molecule has 13 heteroatoms. The summed E-state index contributed by atoms with van der Waals surface area (Å²) in [6.07, 6.45) is 0. The standard InChI is InChI=1S/4C.Fe.12HI/h;;;;;12*1H/q4*+3;;;;;;;;;;;;;/p-12. The molecule has 0 spiro atoms. The number of rotatable bonds is 0. The van der Waals surface area contributed by atoms with Gasteiger partial charge in [-0.2, -0.15) is 0 Å². The molecule has 0 atom stereocenters. The first-order valence-electron chi connectivity index (χ1n) is 0.707. The van der Waals surface area contributed by atoms with Gasteiger partial charge in [0, 0.05) is 0 Å². The maximum absolute atomic E-state index is 6.06. The van der Waals surface area contributed by atoms with Gasteiger partial charge in [-0.3, -0.25) is 0 Å². The van der Waals surface area contributed by atoms with Crippen molar-refractivity contribution in [3.05, 3.63) is 23.3 Å². The van der Waals surface area contributed by atoms with E-state index in [-0.39, 0.29) is 288 Å². The van der Waals surface area contributed by atoms with Gasteiger partial charge in [-0.1, -0.05) is 0 Å². The molecule has 0 heterocycles. The zero-order chi connectivity index (χ0) is 4.50. The van der Waals surface area contributed by atoms with Gasteiger partial charge >= 0.3 is 36.1 Å². The second kappa shape index (κ2) is 63.8. The molecule has 0 radical (unpaired) electrons. The second-order valence-electron chi connectivity index (χ2n) is 0.530. The van der Waals surface area contributed by atoms with Crippen molar-refractivity contribution >= 4 is 0 Å². The van der Waals surface area contributed by atoms with Gasteiger partial charge in [0.1, 0.15) is 0 Å². The number of halogens is 12. The molecule has 0 aliphatic carbocycles. The van der Waals surface area contributed by atoms with Crippen LogP contribution in [0.4, 0.5) is 0 Å². The average molecular weight is 1630 g/mol. The third kappa shape index (κ3) is 159. The zero-order valence-corrected chi connectivity index (χ0v) is 33.9. The van der Waals surface area contributed by atoms with E-state index in [9.17, 15) is 0 Å². The van der Waals surface area contributed by atoms with Crippen molar-refractivity contribution in [2.24, 2.45) is 0 Å². The Hall–Kier alpha value is 9.28. The van der Waals surface area contributed by atoms with Gasteiger partial charge in [0.15, 0.2) is 0 Å². The van der Waals surface area contributed by atoms with Crippen LogP contribution in [0.25, 0.3) is 0 Å². The largest absolute Gasteiger partial charge is 1.00 e. The predicted molar refractivity (Wildman–Crippen MR) is 13.0 cm³/mol. The summed E-state index contributed by atoms with van der Waals surface area (Å²) in [4.78, 5) is 0. The van der Waals surface area contributed by atoms with Crippen LogP contribution in [0.2, 0.25) is 0 Å². The number of hydrogen-bond acceptors (Lipinski definition) is 0. The molecule has 108 valence electrons. The van der Waals surface area contributed by atoms with E-state index < -0.39 is 12.8 Å². The van der Waals surface area contributed by atoms with Crippen LogP contribution in [0.15, 0.2) is 0 Å². The molecule has 0 saturated carbocycles. The normalized spacial score (nSPS) is 4.71. The van der Waals surface area contributed by atoms with Crippen molar-refractivity contribution in [2.45, 2.75) is 0 Å². The molecule has 0 N–H and O–H groups in total. The molecule has 0 aliphatic heterocycles. The minimum absolute atomic E-state index is 0. The Morgan fingerprint density at radius 2 is 0.294 bits per heavy atom. The van der Waals surface area contributed by atoms with Crippen LogP contribution in [-0.2, 0) is 12.8 Å². The number of hydrogen-bond donors (Lipinski definition) is 0. The summed E-state index contributed by atoms with van der Waals surface area (Å²) < 4.78 is 0. The van der Waals surface area contributed by atoms with Gasteiger partial charge in [0.2, 0.25) is 0 Å². The van der Waals surface area contributed by atoms with E-state index in [4.69, 9.17) is 23.3 Å². The smallest absolute Gasteiger partial charge is 1.00 e. The Balaban J connectivity index is -0.00000000121. The second-order valence-corrected chi connectivity index (χ2v) is 2.19. The fourth-order valence-corrected chi connectivity index (χ4v) is 0. The Morgan fingerprint density at radius 1 is 0.294 bits per heavy atom. The van der Waals surface area contributed by atoms with Crippen molar-refractivity contribution in [3.63, 3.8) is 0 Å². The van der Waals surface area contributed by atoms with Gasteiger partial charge < -0.3 is 288 Å². The van der Waals surface area contributed by atoms with Gasteiger partial charge in [0.05, 0.1) is 0 Å². The molecule has 0 saturated heterocycles. The third-order valence-corrected chi connectivity index (χ3v) is 0. The van der Waals surface area contributed by atoms with E-state index in [0.29, 0.717) is 0 Å². The summed E-state index contributed by atoms with van der Waals surface area (Å²) in [5, 5.41) is 0. The van der Waals surface area contributed by atoms with Crippen molar-refractivity contribution in [2.75, 3.05) is 0 Å². The van der Waals surface area contributed by atoms with Crippen molar-refractivity contribution in [1.29, 1.82) is 0 Å². The van der Waals surface area contributed by atoms with Crippen LogP contribution in [0.5, 0.6) is 0 Å². The molecular formula is C4FeI12. The molecule has 0 aromatic carbocycles. The van der Waals surface area contributed by atoms with E-state index in [1.807, 2.05) is 0 Å². The molecule has 0 aromatic rings. The van der Waals surface area contributed by atoms with E-state index in [2.05, 4.69) is 0 Å². The van der Waals surface area contributed by atoms with Crippen LogP contribution in [0.3, 0.4) is 0 Å². The summed E-state index contributed by atoms with van der Waals surface area (Å²) in [5.41, 5.74) is 0. The Bertz CT molecular complexity index is 34.0. The molecule has 0 amide bonds. The van der Waals surface area contributed by atoms with Gasteiger partial charge in [-0.15, -0.1) is 0 Å². The van der Waals surface area contributed by atoms with Crippen LogP contribution >= 0.6 is 0 Å². The molecule has 0 aromatic heterocycles. The Kier molecular flexibility index (Phi) is 358. The fraction of sp³-hybridized carbons (Fsp3) is 0. The van der Waals surface area contributed by atoms with Crippen molar-refractivity contribution in [3.8, 4) is 0 Å². The summed E-state index contributed by atoms with van der Waals surface area (Å²) in [7, 11) is 0. The first kappa shape index (κ1) is 95.2. The van der Waals surface area contributed by atoms with Gasteiger partial charge in [0.25, 0.3) is 0 Å². The molecule has 0 bridgehead atoms. The average Bonchev–Trinajstić information content (AvgIpc) is 0.722. The first-order chi connectivity index (χ1) is 2.00. The summed E-state index contributed by atoms with van der Waals surface area (Å²) >= 11 is -3.50. The van der Waals surface area contributed by atoms with E-state index in [1.54, 1.807) is 0 Å². The maximum atomic E-state index is 6.06. The molecule has 17 heavy (non-hydrogen) atoms. The SMILES string of the molecule is [C+3][Fe]([C+3])([C+3])[C+3].[I-].[I-].[I-].[I-].[I-].[I-].[I-].[I-].[I-].[I-].[I-].[I-]. The van der Waals surface area contributed by atoms with Crippen LogP contribution in [0, 0.1) is 23.3 Å². The topological polar surface area (TPSA) is 0 Å². The molecular weight excluding hydrogens is 1630 g/mol. The first-order valence-corrected chi connectivity index (χ1v) is 2.92. The Labute approximate surface area is 315 Å². The maximum Gasteiger partial charge on any atom is -1.00 e. The molecule has 0 unspecified atom stereocenters. The van der Waals surface area contributed by atoms with E-state index in [1.165, 1.54) is 0 Å². The predicted octanol–water partition coefficient (Wildman–Crippen LogP) is -35.6. The molecule has 0 aliphatic rings. The minimum atomic E-state index is -3.50. The van der Waals surface area contributed by atoms with Gasteiger partial charge in [-0.25, -0.2) is 0 Å². The summed E-state index contributed by atoms with van der Waals surface area (Å²) in [6, 6.07) is 0. The molecule has 0 nitrogen and oxygen atoms in total. The van der Waals surface area contributed by atoms with Crippen LogP contribution in [-0.4, -0.2) is 0 Å². The molecule has 0 fully saturated rings. The molecule has 0 rings (SSSR count). The third-order valence-electron chi connectivity index (χ3n) is 0. The van der Waals surface area contributed by atoms with Gasteiger partial charge in [-0.05, 0) is 0 Å². The fourth-order valence-electron chi connectivity index (χ4n) is 0.